The van der Waals surface area contributed by atoms with Crippen LogP contribution in [0.5, 0.6) is 5.75 Å². The number of hydrogen-bond acceptors (Lipinski definition) is 4. The maximum absolute atomic E-state index is 5.90. The lowest BCUT2D eigenvalue weighted by Gasteiger charge is -2.12. The van der Waals surface area contributed by atoms with Crippen LogP contribution in [0.15, 0.2) is 41.7 Å². The number of hydrogen-bond donors (Lipinski definition) is 0. The molecule has 109 valence electrons. The van der Waals surface area contributed by atoms with Gasteiger partial charge in [0.15, 0.2) is 5.82 Å². The smallest absolute Gasteiger partial charge is 0.274 e. The summed E-state index contributed by atoms with van der Waals surface area (Å²) < 4.78 is 5.90. The second-order valence-corrected chi connectivity index (χ2v) is 7.12. The largest absolute Gasteiger partial charge is 0.542 e. The zero-order valence-corrected chi connectivity index (χ0v) is 13.9. The standard InChI is InChI=1S/C16H20N3OSi/c1-12-9-18-16(19-10-12)13(2)17-11-14-7-5-6-8-15(14)20-21(3)4/h5-10H,11H2,1-4H3. The van der Waals surface area contributed by atoms with E-state index in [4.69, 9.17) is 4.43 Å². The number of para-hydroxylation sites is 1. The predicted molar refractivity (Wildman–Crippen MR) is 87.2 cm³/mol. The Morgan fingerprint density at radius 3 is 2.52 bits per heavy atom. The molecule has 2 aromatic rings. The van der Waals surface area contributed by atoms with Crippen molar-refractivity contribution in [1.82, 2.24) is 9.97 Å². The number of nitrogens with zero attached hydrogens (tertiary/aromatic N) is 3. The van der Waals surface area contributed by atoms with Crippen molar-refractivity contribution in [2.45, 2.75) is 33.5 Å². The Kier molecular flexibility index (Phi) is 5.22. The van der Waals surface area contributed by atoms with Gasteiger partial charge in [-0.15, -0.1) is 0 Å². The number of aliphatic imine (C=N–C) groups is 1. The molecule has 0 fully saturated rings. The first-order valence-electron chi connectivity index (χ1n) is 6.92. The van der Waals surface area contributed by atoms with Gasteiger partial charge < -0.3 is 4.43 Å². The molecule has 0 bridgehead atoms. The van der Waals surface area contributed by atoms with Gasteiger partial charge in [0.1, 0.15) is 5.75 Å². The van der Waals surface area contributed by atoms with Crippen LogP contribution in [0.3, 0.4) is 0 Å². The predicted octanol–water partition coefficient (Wildman–Crippen LogP) is 3.42. The molecule has 21 heavy (non-hydrogen) atoms. The molecular weight excluding hydrogens is 278 g/mol. The molecule has 0 aliphatic carbocycles. The molecule has 4 nitrogen and oxygen atoms in total. The van der Waals surface area contributed by atoms with Gasteiger partial charge in [-0.1, -0.05) is 18.2 Å². The molecule has 5 heteroatoms. The second-order valence-electron chi connectivity index (χ2n) is 5.10. The van der Waals surface area contributed by atoms with E-state index in [1.807, 2.05) is 38.1 Å². The summed E-state index contributed by atoms with van der Waals surface area (Å²) in [5.41, 5.74) is 2.98. The first-order chi connectivity index (χ1) is 10.1. The number of benzene rings is 1. The molecule has 2 rings (SSSR count). The second kappa shape index (κ2) is 7.13. The monoisotopic (exact) mass is 298 g/mol. The quantitative estimate of drug-likeness (QED) is 0.627. The first-order valence-corrected chi connectivity index (χ1v) is 9.33. The Hall–Kier alpha value is -2.01. The van der Waals surface area contributed by atoms with E-state index in [-0.39, 0.29) is 0 Å². The van der Waals surface area contributed by atoms with Crippen molar-refractivity contribution in [1.29, 1.82) is 0 Å². The molecule has 0 N–H and O–H groups in total. The fourth-order valence-corrected chi connectivity index (χ4v) is 2.45. The molecule has 1 aromatic carbocycles. The van der Waals surface area contributed by atoms with Crippen molar-refractivity contribution in [2.24, 2.45) is 4.99 Å². The number of rotatable bonds is 5. The van der Waals surface area contributed by atoms with E-state index in [2.05, 4.69) is 28.1 Å². The molecule has 0 spiro atoms. The molecule has 0 atom stereocenters. The third kappa shape index (κ3) is 4.49. The molecule has 0 saturated heterocycles. The molecule has 0 saturated carbocycles. The highest BCUT2D eigenvalue weighted by Gasteiger charge is 2.06. The summed E-state index contributed by atoms with van der Waals surface area (Å²) in [6.07, 6.45) is 3.61. The van der Waals surface area contributed by atoms with Crippen LogP contribution < -0.4 is 4.43 Å². The van der Waals surface area contributed by atoms with Crippen LogP contribution in [0.25, 0.3) is 0 Å². The lowest BCUT2D eigenvalue weighted by molar-refractivity contribution is 0.571. The summed E-state index contributed by atoms with van der Waals surface area (Å²) in [6, 6.07) is 8.05. The Bertz CT molecular complexity index is 624. The van der Waals surface area contributed by atoms with Crippen molar-refractivity contribution in [3.8, 4) is 5.75 Å². The average Bonchev–Trinajstić information content (AvgIpc) is 2.46. The molecule has 0 aliphatic rings. The minimum atomic E-state index is -0.776. The number of aryl methyl sites for hydroxylation is 1. The third-order valence-electron chi connectivity index (χ3n) is 2.88. The van der Waals surface area contributed by atoms with E-state index in [1.54, 1.807) is 12.4 Å². The van der Waals surface area contributed by atoms with Crippen LogP contribution >= 0.6 is 0 Å². The Morgan fingerprint density at radius 2 is 1.86 bits per heavy atom. The SMILES string of the molecule is CC(=NCc1ccccc1O[Si](C)C)c1ncc(C)cn1. The molecule has 1 aromatic heterocycles. The fourth-order valence-electron chi connectivity index (χ4n) is 1.81. The minimum absolute atomic E-state index is 0.578. The molecule has 0 unspecified atom stereocenters. The average molecular weight is 298 g/mol. The normalized spacial score (nSPS) is 11.8. The van der Waals surface area contributed by atoms with Crippen LogP contribution in [0.1, 0.15) is 23.9 Å². The summed E-state index contributed by atoms with van der Waals surface area (Å²) >= 11 is 0. The van der Waals surface area contributed by atoms with Gasteiger partial charge in [-0.2, -0.15) is 0 Å². The third-order valence-corrected chi connectivity index (χ3v) is 3.51. The Balaban J connectivity index is 2.14. The lowest BCUT2D eigenvalue weighted by atomic mass is 10.2. The zero-order chi connectivity index (χ0) is 15.2. The summed E-state index contributed by atoms with van der Waals surface area (Å²) in [4.78, 5) is 13.2. The maximum atomic E-state index is 5.90. The van der Waals surface area contributed by atoms with Gasteiger partial charge in [0, 0.05) is 18.0 Å². The van der Waals surface area contributed by atoms with E-state index in [9.17, 15) is 0 Å². The van der Waals surface area contributed by atoms with E-state index < -0.39 is 9.04 Å². The van der Waals surface area contributed by atoms with Gasteiger partial charge in [0.05, 0.1) is 12.3 Å². The van der Waals surface area contributed by atoms with E-state index in [1.165, 1.54) is 0 Å². The maximum Gasteiger partial charge on any atom is 0.274 e. The van der Waals surface area contributed by atoms with Gasteiger partial charge in [0.25, 0.3) is 9.04 Å². The zero-order valence-electron chi connectivity index (χ0n) is 12.9. The summed E-state index contributed by atoms with van der Waals surface area (Å²) in [7, 11) is -0.776. The van der Waals surface area contributed by atoms with Crippen molar-refractivity contribution >= 4 is 14.8 Å². The molecule has 1 radical (unpaired) electrons. The fraction of sp³-hybridized carbons (Fsp3) is 0.312. The molecule has 0 aliphatic heterocycles. The van der Waals surface area contributed by atoms with Gasteiger partial charge in [-0.25, -0.2) is 9.97 Å². The van der Waals surface area contributed by atoms with Crippen molar-refractivity contribution in [2.75, 3.05) is 0 Å². The van der Waals surface area contributed by atoms with Crippen molar-refractivity contribution in [3.05, 3.63) is 53.6 Å². The van der Waals surface area contributed by atoms with Crippen LogP contribution in [-0.2, 0) is 6.54 Å². The van der Waals surface area contributed by atoms with Gasteiger partial charge >= 0.3 is 0 Å². The molecular formula is C16H20N3OSi. The van der Waals surface area contributed by atoms with Crippen molar-refractivity contribution in [3.63, 3.8) is 0 Å². The van der Waals surface area contributed by atoms with Crippen LogP contribution in [0.4, 0.5) is 0 Å². The molecule has 0 amide bonds. The highest BCUT2D eigenvalue weighted by atomic mass is 28.3. The van der Waals surface area contributed by atoms with E-state index in [0.29, 0.717) is 12.4 Å². The van der Waals surface area contributed by atoms with Gasteiger partial charge in [-0.3, -0.25) is 4.99 Å². The Morgan fingerprint density at radius 1 is 1.19 bits per heavy atom. The topological polar surface area (TPSA) is 47.4 Å². The number of aromatic nitrogens is 2. The van der Waals surface area contributed by atoms with E-state index in [0.717, 1.165) is 22.6 Å². The highest BCUT2D eigenvalue weighted by molar-refractivity contribution is 6.49. The summed E-state index contributed by atoms with van der Waals surface area (Å²) in [5, 5.41) is 0. The summed E-state index contributed by atoms with van der Waals surface area (Å²) in [5.74, 6) is 1.60. The first kappa shape index (κ1) is 15.4. The minimum Gasteiger partial charge on any atom is -0.542 e. The van der Waals surface area contributed by atoms with Crippen LogP contribution in [-0.4, -0.2) is 24.7 Å². The van der Waals surface area contributed by atoms with Crippen molar-refractivity contribution < 1.29 is 4.43 Å². The van der Waals surface area contributed by atoms with Crippen LogP contribution in [0.2, 0.25) is 13.1 Å². The molecule has 1 heterocycles. The highest BCUT2D eigenvalue weighted by Crippen LogP contribution is 2.19. The summed E-state index contributed by atoms with van der Waals surface area (Å²) in [6.45, 7) is 8.72. The van der Waals surface area contributed by atoms with Gasteiger partial charge in [-0.05, 0) is 38.6 Å². The van der Waals surface area contributed by atoms with E-state index >= 15 is 0 Å². The van der Waals surface area contributed by atoms with Gasteiger partial charge in [0.2, 0.25) is 0 Å². The lowest BCUT2D eigenvalue weighted by Crippen LogP contribution is -2.12. The Labute approximate surface area is 127 Å². The van der Waals surface area contributed by atoms with Crippen LogP contribution in [0, 0.1) is 6.92 Å².